The van der Waals surface area contributed by atoms with Gasteiger partial charge in [-0.2, -0.15) is 5.10 Å². The standard InChI is InChI=1S/C36H40N6O/c1-36(2,3)33-24-34(42(38-33)28-10-6-5-7-11-28)41(35(37)43)32-19-18-29(30-12-8-9-13-31(30)32)27-16-14-26(15-17-27)25-40-22-20-39(4)21-23-40/h5-19,24H,20-23,25H2,1-4H3,(H2,37,43). The maximum Gasteiger partial charge on any atom is 0.325 e. The molecule has 220 valence electrons. The molecule has 2 N–H and O–H groups in total. The molecule has 5 aromatic rings. The van der Waals surface area contributed by atoms with Crippen molar-refractivity contribution in [2.75, 3.05) is 38.1 Å². The van der Waals surface area contributed by atoms with E-state index in [1.54, 1.807) is 4.90 Å². The molecule has 0 atom stereocenters. The van der Waals surface area contributed by atoms with Crippen LogP contribution in [-0.4, -0.2) is 58.8 Å². The summed E-state index contributed by atoms with van der Waals surface area (Å²) in [5, 5.41) is 6.94. The van der Waals surface area contributed by atoms with Gasteiger partial charge in [0, 0.05) is 49.6 Å². The molecule has 0 saturated carbocycles. The number of hydrogen-bond acceptors (Lipinski definition) is 4. The second-order valence-electron chi connectivity index (χ2n) is 12.5. The van der Waals surface area contributed by atoms with Crippen LogP contribution in [0, 0.1) is 0 Å². The number of piperazine rings is 1. The van der Waals surface area contributed by atoms with E-state index in [4.69, 9.17) is 10.8 Å². The van der Waals surface area contributed by atoms with Crippen molar-refractivity contribution in [3.63, 3.8) is 0 Å². The van der Waals surface area contributed by atoms with E-state index in [2.05, 4.69) is 80.1 Å². The molecular weight excluding hydrogens is 532 g/mol. The van der Waals surface area contributed by atoms with Crippen molar-refractivity contribution in [2.45, 2.75) is 32.7 Å². The molecule has 2 heterocycles. The molecule has 7 nitrogen and oxygen atoms in total. The van der Waals surface area contributed by atoms with E-state index >= 15 is 0 Å². The number of hydrogen-bond donors (Lipinski definition) is 1. The van der Waals surface area contributed by atoms with Gasteiger partial charge < -0.3 is 10.6 Å². The number of likely N-dealkylation sites (N-methyl/N-ethyl adjacent to an activating group) is 1. The molecule has 1 aliphatic heterocycles. The predicted molar refractivity (Wildman–Crippen MR) is 176 cm³/mol. The molecule has 1 aliphatic rings. The minimum atomic E-state index is -0.566. The molecular formula is C36H40N6O. The lowest BCUT2D eigenvalue weighted by Gasteiger charge is -2.32. The van der Waals surface area contributed by atoms with Crippen LogP contribution < -0.4 is 10.6 Å². The quantitative estimate of drug-likeness (QED) is 0.239. The molecule has 43 heavy (non-hydrogen) atoms. The maximum absolute atomic E-state index is 13.3. The number of nitrogens with zero attached hydrogens (tertiary/aromatic N) is 5. The molecule has 6 rings (SSSR count). The Labute approximate surface area is 254 Å². The summed E-state index contributed by atoms with van der Waals surface area (Å²) in [7, 11) is 2.19. The fourth-order valence-corrected chi connectivity index (χ4v) is 5.80. The predicted octanol–water partition coefficient (Wildman–Crippen LogP) is 6.95. The van der Waals surface area contributed by atoms with Gasteiger partial charge >= 0.3 is 6.03 Å². The van der Waals surface area contributed by atoms with Gasteiger partial charge in [-0.1, -0.05) is 93.6 Å². The number of anilines is 2. The summed E-state index contributed by atoms with van der Waals surface area (Å²) >= 11 is 0. The van der Waals surface area contributed by atoms with Gasteiger partial charge in [-0.15, -0.1) is 0 Å². The molecule has 7 heteroatoms. The van der Waals surface area contributed by atoms with Crippen molar-refractivity contribution in [3.8, 4) is 16.8 Å². The van der Waals surface area contributed by atoms with E-state index in [9.17, 15) is 4.79 Å². The zero-order valence-corrected chi connectivity index (χ0v) is 25.5. The average molecular weight is 573 g/mol. The molecule has 0 radical (unpaired) electrons. The van der Waals surface area contributed by atoms with Gasteiger partial charge in [-0.05, 0) is 47.3 Å². The van der Waals surface area contributed by atoms with E-state index in [1.165, 1.54) is 5.56 Å². The Morgan fingerprint density at radius 3 is 2.14 bits per heavy atom. The monoisotopic (exact) mass is 572 g/mol. The lowest BCUT2D eigenvalue weighted by atomic mass is 9.92. The lowest BCUT2D eigenvalue weighted by Crippen LogP contribution is -2.43. The Morgan fingerprint density at radius 2 is 1.49 bits per heavy atom. The summed E-state index contributed by atoms with van der Waals surface area (Å²) in [6.07, 6.45) is 0. The van der Waals surface area contributed by atoms with Gasteiger partial charge in [0.15, 0.2) is 0 Å². The Bertz CT molecular complexity index is 1730. The molecule has 1 fully saturated rings. The molecule has 0 bridgehead atoms. The van der Waals surface area contributed by atoms with Crippen molar-refractivity contribution >= 4 is 28.3 Å². The maximum atomic E-state index is 13.3. The molecule has 2 amide bonds. The lowest BCUT2D eigenvalue weighted by molar-refractivity contribution is 0.148. The van der Waals surface area contributed by atoms with E-state index in [0.717, 1.165) is 71.7 Å². The molecule has 4 aromatic carbocycles. The summed E-state index contributed by atoms with van der Waals surface area (Å²) in [5.74, 6) is 0.606. The van der Waals surface area contributed by atoms with Crippen molar-refractivity contribution < 1.29 is 4.79 Å². The van der Waals surface area contributed by atoms with Gasteiger partial charge in [-0.3, -0.25) is 4.90 Å². The van der Waals surface area contributed by atoms with E-state index in [-0.39, 0.29) is 5.41 Å². The summed E-state index contributed by atoms with van der Waals surface area (Å²) < 4.78 is 1.81. The fourth-order valence-electron chi connectivity index (χ4n) is 5.80. The van der Waals surface area contributed by atoms with Crippen molar-refractivity contribution in [2.24, 2.45) is 5.73 Å². The van der Waals surface area contributed by atoms with E-state index < -0.39 is 6.03 Å². The van der Waals surface area contributed by atoms with Crippen LogP contribution >= 0.6 is 0 Å². The smallest absolute Gasteiger partial charge is 0.325 e. The number of amides is 2. The molecule has 1 saturated heterocycles. The largest absolute Gasteiger partial charge is 0.351 e. The number of nitrogens with two attached hydrogens (primary N) is 1. The van der Waals surface area contributed by atoms with Gasteiger partial charge in [0.25, 0.3) is 0 Å². The van der Waals surface area contributed by atoms with Crippen LogP contribution in [0.1, 0.15) is 32.0 Å². The van der Waals surface area contributed by atoms with Gasteiger partial charge in [0.05, 0.1) is 17.1 Å². The Hall–Kier alpha value is -4.46. The number of carbonyl (C=O) groups excluding carboxylic acids is 1. The summed E-state index contributed by atoms with van der Waals surface area (Å²) in [5.41, 5.74) is 11.9. The van der Waals surface area contributed by atoms with Crippen LogP contribution in [0.2, 0.25) is 0 Å². The zero-order chi connectivity index (χ0) is 30.1. The van der Waals surface area contributed by atoms with Crippen LogP contribution in [0.4, 0.5) is 16.3 Å². The number of rotatable bonds is 6. The van der Waals surface area contributed by atoms with E-state index in [1.807, 2.05) is 59.3 Å². The van der Waals surface area contributed by atoms with Crippen LogP contribution in [-0.2, 0) is 12.0 Å². The minimum Gasteiger partial charge on any atom is -0.351 e. The van der Waals surface area contributed by atoms with Crippen LogP contribution in [0.15, 0.2) is 97.1 Å². The van der Waals surface area contributed by atoms with Gasteiger partial charge in [-0.25, -0.2) is 14.4 Å². The zero-order valence-electron chi connectivity index (χ0n) is 25.5. The van der Waals surface area contributed by atoms with Gasteiger partial charge in [0.1, 0.15) is 5.82 Å². The highest BCUT2D eigenvalue weighted by atomic mass is 16.2. The van der Waals surface area contributed by atoms with Crippen LogP contribution in [0.5, 0.6) is 0 Å². The number of fused-ring (bicyclic) bond motifs is 1. The van der Waals surface area contributed by atoms with Crippen molar-refractivity contribution in [1.82, 2.24) is 19.6 Å². The molecule has 0 aliphatic carbocycles. The van der Waals surface area contributed by atoms with Gasteiger partial charge in [0.2, 0.25) is 0 Å². The highest BCUT2D eigenvalue weighted by molar-refractivity contribution is 6.10. The summed E-state index contributed by atoms with van der Waals surface area (Å²) in [6.45, 7) is 11.7. The van der Waals surface area contributed by atoms with E-state index in [0.29, 0.717) is 5.82 Å². The topological polar surface area (TPSA) is 70.6 Å². The Kier molecular flexibility index (Phi) is 7.77. The first-order valence-electron chi connectivity index (χ1n) is 15.0. The first-order valence-corrected chi connectivity index (χ1v) is 15.0. The molecule has 1 aromatic heterocycles. The average Bonchev–Trinajstić information content (AvgIpc) is 3.45. The minimum absolute atomic E-state index is 0.222. The summed E-state index contributed by atoms with van der Waals surface area (Å²) in [4.78, 5) is 19.7. The number of urea groups is 1. The third kappa shape index (κ3) is 5.91. The second kappa shape index (κ2) is 11.7. The number of primary amides is 1. The second-order valence-corrected chi connectivity index (χ2v) is 12.5. The van der Waals surface area contributed by atoms with Crippen LogP contribution in [0.3, 0.4) is 0 Å². The SMILES string of the molecule is CN1CCN(Cc2ccc(-c3ccc(N(C(N)=O)c4cc(C(C)(C)C)nn4-c4ccccc4)c4ccccc34)cc2)CC1. The Balaban J connectivity index is 1.40. The number of benzene rings is 4. The van der Waals surface area contributed by atoms with Crippen LogP contribution in [0.25, 0.3) is 27.6 Å². The highest BCUT2D eigenvalue weighted by Gasteiger charge is 2.28. The Morgan fingerprint density at radius 1 is 0.837 bits per heavy atom. The highest BCUT2D eigenvalue weighted by Crippen LogP contribution is 2.39. The third-order valence-corrected chi connectivity index (χ3v) is 8.32. The third-order valence-electron chi connectivity index (χ3n) is 8.32. The summed E-state index contributed by atoms with van der Waals surface area (Å²) in [6, 6.07) is 32.5. The molecule has 0 unspecified atom stereocenters. The first-order chi connectivity index (χ1) is 20.7. The molecule has 0 spiro atoms. The number of carbonyl (C=O) groups is 1. The first kappa shape index (κ1) is 28.6. The normalized spacial score (nSPS) is 14.7. The fraction of sp³-hybridized carbons (Fsp3) is 0.278. The number of para-hydroxylation sites is 1. The van der Waals surface area contributed by atoms with Crippen molar-refractivity contribution in [1.29, 1.82) is 0 Å². The number of aromatic nitrogens is 2. The van der Waals surface area contributed by atoms with Crippen molar-refractivity contribution in [3.05, 3.63) is 108 Å².